The number of carbonyl (C=O) groups excluding carboxylic acids is 1. The first-order valence-electron chi connectivity index (χ1n) is 7.58. The van der Waals surface area contributed by atoms with Gasteiger partial charge in [-0.25, -0.2) is 0 Å². The number of para-hydroxylation sites is 1. The van der Waals surface area contributed by atoms with Gasteiger partial charge in [0.25, 0.3) is 5.91 Å². The fraction of sp³-hybridized carbons (Fsp3) is 0.222. The molecule has 1 aromatic heterocycles. The Morgan fingerprint density at radius 2 is 2.04 bits per heavy atom. The van der Waals surface area contributed by atoms with E-state index in [1.165, 1.54) is 0 Å². The third kappa shape index (κ3) is 3.57. The zero-order chi connectivity index (χ0) is 16.2. The second kappa shape index (κ2) is 6.62. The molecule has 118 valence electrons. The van der Waals surface area contributed by atoms with Crippen molar-refractivity contribution in [1.82, 2.24) is 10.2 Å². The smallest absolute Gasteiger partial charge is 0.276 e. The summed E-state index contributed by atoms with van der Waals surface area (Å²) in [5.41, 5.74) is 2.98. The monoisotopic (exact) mass is 309 g/mol. The summed E-state index contributed by atoms with van der Waals surface area (Å²) in [7, 11) is 0. The maximum atomic E-state index is 12.4. The van der Waals surface area contributed by atoms with Crippen LogP contribution in [0.15, 0.2) is 48.5 Å². The van der Waals surface area contributed by atoms with Gasteiger partial charge in [-0.2, -0.15) is 5.10 Å². The van der Waals surface area contributed by atoms with Gasteiger partial charge in [0, 0.05) is 11.1 Å². The molecule has 0 aliphatic heterocycles. The molecule has 0 spiro atoms. The zero-order valence-corrected chi connectivity index (χ0v) is 13.2. The number of hydrogen-bond acceptors (Lipinski definition) is 3. The van der Waals surface area contributed by atoms with Crippen molar-refractivity contribution in [2.24, 2.45) is 0 Å². The number of aromatic nitrogens is 2. The molecule has 5 heteroatoms. The summed E-state index contributed by atoms with van der Waals surface area (Å²) in [4.78, 5) is 12.4. The lowest BCUT2D eigenvalue weighted by atomic mass is 10.2. The summed E-state index contributed by atoms with van der Waals surface area (Å²) in [6, 6.07) is 15.2. The fourth-order valence-electron chi connectivity index (χ4n) is 2.33. The molecule has 2 aromatic carbocycles. The summed E-state index contributed by atoms with van der Waals surface area (Å²) in [5, 5.41) is 10.7. The molecule has 0 radical (unpaired) electrons. The maximum absolute atomic E-state index is 12.4. The Morgan fingerprint density at radius 1 is 1.22 bits per heavy atom. The highest BCUT2D eigenvalue weighted by molar-refractivity contribution is 6.11. The number of carbonyl (C=O) groups is 1. The third-order valence-corrected chi connectivity index (χ3v) is 3.45. The van der Waals surface area contributed by atoms with E-state index >= 15 is 0 Å². The Hall–Kier alpha value is -2.66. The first-order chi connectivity index (χ1) is 11.1. The molecule has 0 unspecified atom stereocenters. The summed E-state index contributed by atoms with van der Waals surface area (Å²) in [6.45, 7) is 4.51. The van der Waals surface area contributed by atoms with E-state index in [1.54, 1.807) is 0 Å². The highest BCUT2D eigenvalue weighted by Crippen LogP contribution is 2.18. The van der Waals surface area contributed by atoms with E-state index in [0.29, 0.717) is 12.3 Å². The van der Waals surface area contributed by atoms with E-state index in [9.17, 15) is 4.79 Å². The minimum absolute atomic E-state index is 0.170. The van der Waals surface area contributed by atoms with Crippen LogP contribution < -0.4 is 5.32 Å². The standard InChI is InChI=1S/C18H19N3O2/c1-12(2)23-11-13-6-5-7-14(10-13)19-18(22)17-15-8-3-4-9-16(15)20-21-17/h3-10,12H,11H2,1-2H3,(H,19,22)(H,20,21). The van der Waals surface area contributed by atoms with Gasteiger partial charge in [0.05, 0.1) is 18.2 Å². The predicted molar refractivity (Wildman–Crippen MR) is 90.4 cm³/mol. The van der Waals surface area contributed by atoms with Crippen LogP contribution in [0.25, 0.3) is 10.9 Å². The van der Waals surface area contributed by atoms with Crippen LogP contribution in [0.5, 0.6) is 0 Å². The first-order valence-corrected chi connectivity index (χ1v) is 7.58. The molecule has 3 rings (SSSR count). The first kappa shape index (κ1) is 15.2. The largest absolute Gasteiger partial charge is 0.374 e. The Kier molecular flexibility index (Phi) is 4.39. The molecule has 0 bridgehead atoms. The van der Waals surface area contributed by atoms with E-state index in [1.807, 2.05) is 62.4 Å². The number of ether oxygens (including phenoxy) is 1. The highest BCUT2D eigenvalue weighted by Gasteiger charge is 2.14. The Morgan fingerprint density at radius 3 is 2.87 bits per heavy atom. The Bertz CT molecular complexity index is 824. The van der Waals surface area contributed by atoms with Crippen molar-refractivity contribution in [3.63, 3.8) is 0 Å². The van der Waals surface area contributed by atoms with Crippen molar-refractivity contribution in [1.29, 1.82) is 0 Å². The predicted octanol–water partition coefficient (Wildman–Crippen LogP) is 3.74. The third-order valence-electron chi connectivity index (χ3n) is 3.45. The topological polar surface area (TPSA) is 67.0 Å². The van der Waals surface area contributed by atoms with E-state index in [0.717, 1.165) is 22.2 Å². The molecule has 1 heterocycles. The van der Waals surface area contributed by atoms with Gasteiger partial charge in [-0.3, -0.25) is 9.89 Å². The number of nitrogens with one attached hydrogen (secondary N) is 2. The van der Waals surface area contributed by atoms with E-state index in [4.69, 9.17) is 4.74 Å². The number of benzene rings is 2. The number of anilines is 1. The molecule has 0 aliphatic carbocycles. The van der Waals surface area contributed by atoms with Crippen molar-refractivity contribution >= 4 is 22.5 Å². The molecule has 0 atom stereocenters. The maximum Gasteiger partial charge on any atom is 0.276 e. The molecule has 0 fully saturated rings. The number of hydrogen-bond donors (Lipinski definition) is 2. The lowest BCUT2D eigenvalue weighted by molar-refractivity contribution is 0.0657. The molecule has 1 amide bonds. The van der Waals surface area contributed by atoms with Gasteiger partial charge in [-0.15, -0.1) is 0 Å². The van der Waals surface area contributed by atoms with Gasteiger partial charge in [-0.05, 0) is 37.6 Å². The van der Waals surface area contributed by atoms with Crippen LogP contribution in [-0.4, -0.2) is 22.2 Å². The second-order valence-electron chi connectivity index (χ2n) is 5.63. The average molecular weight is 309 g/mol. The lowest BCUT2D eigenvalue weighted by Crippen LogP contribution is -2.13. The van der Waals surface area contributed by atoms with Crippen molar-refractivity contribution < 1.29 is 9.53 Å². The quantitative estimate of drug-likeness (QED) is 0.754. The molecular weight excluding hydrogens is 290 g/mol. The number of H-pyrrole nitrogens is 1. The van der Waals surface area contributed by atoms with Gasteiger partial charge in [0.1, 0.15) is 0 Å². The van der Waals surface area contributed by atoms with Gasteiger partial charge in [0.15, 0.2) is 5.69 Å². The van der Waals surface area contributed by atoms with Crippen molar-refractivity contribution in [3.05, 3.63) is 59.8 Å². The molecule has 0 saturated heterocycles. The van der Waals surface area contributed by atoms with Crippen LogP contribution in [0.3, 0.4) is 0 Å². The van der Waals surface area contributed by atoms with Crippen LogP contribution in [0, 0.1) is 0 Å². The van der Waals surface area contributed by atoms with Gasteiger partial charge < -0.3 is 10.1 Å². The number of amides is 1. The van der Waals surface area contributed by atoms with E-state index in [-0.39, 0.29) is 12.0 Å². The SMILES string of the molecule is CC(C)OCc1cccc(NC(=O)c2n[nH]c3ccccc23)c1. The highest BCUT2D eigenvalue weighted by atomic mass is 16.5. The Balaban J connectivity index is 1.76. The van der Waals surface area contributed by atoms with Crippen LogP contribution >= 0.6 is 0 Å². The normalized spacial score (nSPS) is 11.1. The molecular formula is C18H19N3O2. The number of nitrogens with zero attached hydrogens (tertiary/aromatic N) is 1. The summed E-state index contributed by atoms with van der Waals surface area (Å²) in [6.07, 6.45) is 0.170. The summed E-state index contributed by atoms with van der Waals surface area (Å²) in [5.74, 6) is -0.232. The molecule has 3 aromatic rings. The van der Waals surface area contributed by atoms with Crippen LogP contribution in [0.1, 0.15) is 29.9 Å². The van der Waals surface area contributed by atoms with Gasteiger partial charge in [0.2, 0.25) is 0 Å². The van der Waals surface area contributed by atoms with Crippen molar-refractivity contribution in [2.75, 3.05) is 5.32 Å². The van der Waals surface area contributed by atoms with E-state index < -0.39 is 0 Å². The van der Waals surface area contributed by atoms with Crippen LogP contribution in [0.2, 0.25) is 0 Å². The number of rotatable bonds is 5. The number of aromatic amines is 1. The van der Waals surface area contributed by atoms with Gasteiger partial charge >= 0.3 is 0 Å². The van der Waals surface area contributed by atoms with Crippen molar-refractivity contribution in [2.45, 2.75) is 26.6 Å². The lowest BCUT2D eigenvalue weighted by Gasteiger charge is -2.09. The minimum atomic E-state index is -0.232. The van der Waals surface area contributed by atoms with Gasteiger partial charge in [-0.1, -0.05) is 30.3 Å². The summed E-state index contributed by atoms with van der Waals surface area (Å²) >= 11 is 0. The minimum Gasteiger partial charge on any atom is -0.374 e. The second-order valence-corrected chi connectivity index (χ2v) is 5.63. The molecule has 5 nitrogen and oxygen atoms in total. The summed E-state index contributed by atoms with van der Waals surface area (Å²) < 4.78 is 5.59. The molecule has 2 N–H and O–H groups in total. The van der Waals surface area contributed by atoms with Crippen LogP contribution in [0.4, 0.5) is 5.69 Å². The zero-order valence-electron chi connectivity index (χ0n) is 13.2. The van der Waals surface area contributed by atoms with Crippen LogP contribution in [-0.2, 0) is 11.3 Å². The number of fused-ring (bicyclic) bond motifs is 1. The Labute approximate surface area is 134 Å². The molecule has 0 saturated carbocycles. The van der Waals surface area contributed by atoms with Crippen molar-refractivity contribution in [3.8, 4) is 0 Å². The fourth-order valence-corrected chi connectivity index (χ4v) is 2.33. The molecule has 0 aliphatic rings. The van der Waals surface area contributed by atoms with E-state index in [2.05, 4.69) is 15.5 Å². The molecule has 23 heavy (non-hydrogen) atoms. The average Bonchev–Trinajstić information content (AvgIpc) is 2.97.